The van der Waals surface area contributed by atoms with E-state index in [9.17, 15) is 13.6 Å². The van der Waals surface area contributed by atoms with Crippen molar-refractivity contribution in [1.82, 2.24) is 10.2 Å². The molecule has 0 aliphatic rings. The number of amides is 1. The SMILES string of the molecule is COc1ccc(OC)c(-c2ccc(SCC(=O)Nc3ccc(F)cc3F)nn2)c1. The van der Waals surface area contributed by atoms with Crippen LogP contribution in [0.3, 0.4) is 0 Å². The fraction of sp³-hybridized carbons (Fsp3) is 0.150. The minimum Gasteiger partial charge on any atom is -0.497 e. The number of methoxy groups -OCH3 is 2. The molecule has 1 aromatic heterocycles. The van der Waals surface area contributed by atoms with Crippen molar-refractivity contribution >= 4 is 23.4 Å². The molecule has 0 radical (unpaired) electrons. The summed E-state index contributed by atoms with van der Waals surface area (Å²) in [6.45, 7) is 0. The third-order valence-corrected chi connectivity index (χ3v) is 4.80. The lowest BCUT2D eigenvalue weighted by Gasteiger charge is -2.10. The molecule has 0 fully saturated rings. The van der Waals surface area contributed by atoms with E-state index in [1.165, 1.54) is 6.07 Å². The van der Waals surface area contributed by atoms with E-state index in [4.69, 9.17) is 9.47 Å². The average Bonchev–Trinajstić information content (AvgIpc) is 2.74. The Morgan fingerprint density at radius 1 is 1.03 bits per heavy atom. The van der Waals surface area contributed by atoms with Gasteiger partial charge in [-0.25, -0.2) is 8.78 Å². The number of anilines is 1. The predicted molar refractivity (Wildman–Crippen MR) is 106 cm³/mol. The molecule has 0 aliphatic carbocycles. The Bertz CT molecular complexity index is 1020. The molecule has 0 unspecified atom stereocenters. The van der Waals surface area contributed by atoms with Crippen LogP contribution in [-0.4, -0.2) is 36.1 Å². The first kappa shape index (κ1) is 20.5. The number of benzene rings is 2. The second kappa shape index (κ2) is 9.33. The maximum Gasteiger partial charge on any atom is 0.234 e. The second-order valence-corrected chi connectivity index (χ2v) is 6.78. The molecule has 0 spiro atoms. The minimum atomic E-state index is -0.834. The maximum absolute atomic E-state index is 13.6. The van der Waals surface area contributed by atoms with E-state index in [1.807, 2.05) is 0 Å². The molecule has 1 amide bonds. The van der Waals surface area contributed by atoms with E-state index >= 15 is 0 Å². The van der Waals surface area contributed by atoms with Crippen molar-refractivity contribution in [3.63, 3.8) is 0 Å². The number of hydrogen-bond acceptors (Lipinski definition) is 6. The number of carbonyl (C=O) groups excluding carboxylic acids is 1. The van der Waals surface area contributed by atoms with Gasteiger partial charge in [0.1, 0.15) is 28.2 Å². The van der Waals surface area contributed by atoms with E-state index in [1.54, 1.807) is 44.6 Å². The summed E-state index contributed by atoms with van der Waals surface area (Å²) < 4.78 is 37.1. The zero-order valence-corrected chi connectivity index (χ0v) is 16.4. The van der Waals surface area contributed by atoms with Crippen molar-refractivity contribution in [3.8, 4) is 22.8 Å². The van der Waals surface area contributed by atoms with Gasteiger partial charge in [-0.05, 0) is 42.5 Å². The molecule has 2 aromatic carbocycles. The highest BCUT2D eigenvalue weighted by atomic mass is 32.2. The molecule has 9 heteroatoms. The average molecular weight is 417 g/mol. The number of carbonyl (C=O) groups is 1. The summed E-state index contributed by atoms with van der Waals surface area (Å²) in [6, 6.07) is 11.8. The fourth-order valence-corrected chi connectivity index (χ4v) is 3.09. The highest BCUT2D eigenvalue weighted by Crippen LogP contribution is 2.32. The first-order valence-electron chi connectivity index (χ1n) is 8.44. The molecule has 29 heavy (non-hydrogen) atoms. The summed E-state index contributed by atoms with van der Waals surface area (Å²) in [6.07, 6.45) is 0. The van der Waals surface area contributed by atoms with Crippen LogP contribution in [0.1, 0.15) is 0 Å². The largest absolute Gasteiger partial charge is 0.497 e. The second-order valence-electron chi connectivity index (χ2n) is 5.78. The van der Waals surface area contributed by atoms with Gasteiger partial charge in [-0.3, -0.25) is 4.79 Å². The third kappa shape index (κ3) is 5.20. The Hall–Kier alpha value is -3.20. The van der Waals surface area contributed by atoms with Crippen LogP contribution in [0.25, 0.3) is 11.3 Å². The number of rotatable bonds is 7. The molecular weight excluding hydrogens is 400 g/mol. The van der Waals surface area contributed by atoms with Crippen molar-refractivity contribution in [2.45, 2.75) is 5.03 Å². The van der Waals surface area contributed by atoms with Crippen LogP contribution in [0.4, 0.5) is 14.5 Å². The van der Waals surface area contributed by atoms with Gasteiger partial charge in [0.25, 0.3) is 0 Å². The normalized spacial score (nSPS) is 10.5. The Morgan fingerprint density at radius 2 is 1.86 bits per heavy atom. The number of thioether (sulfide) groups is 1. The topological polar surface area (TPSA) is 73.3 Å². The summed E-state index contributed by atoms with van der Waals surface area (Å²) in [7, 11) is 3.13. The zero-order valence-electron chi connectivity index (χ0n) is 15.6. The third-order valence-electron chi connectivity index (χ3n) is 3.88. The first-order chi connectivity index (χ1) is 14.0. The van der Waals surface area contributed by atoms with Crippen LogP contribution in [0.5, 0.6) is 11.5 Å². The Morgan fingerprint density at radius 3 is 2.52 bits per heavy atom. The molecule has 0 atom stereocenters. The van der Waals surface area contributed by atoms with Crippen molar-refractivity contribution in [2.75, 3.05) is 25.3 Å². The Balaban J connectivity index is 1.64. The number of ether oxygens (including phenoxy) is 2. The van der Waals surface area contributed by atoms with Crippen LogP contribution in [-0.2, 0) is 4.79 Å². The van der Waals surface area contributed by atoms with Crippen LogP contribution >= 0.6 is 11.8 Å². The van der Waals surface area contributed by atoms with Crippen molar-refractivity contribution in [3.05, 3.63) is 60.2 Å². The summed E-state index contributed by atoms with van der Waals surface area (Å²) in [5.74, 6) is -0.710. The maximum atomic E-state index is 13.6. The minimum absolute atomic E-state index is 0.00662. The summed E-state index contributed by atoms with van der Waals surface area (Å²) in [5.41, 5.74) is 1.23. The molecular formula is C20H17F2N3O3S. The van der Waals surface area contributed by atoms with Gasteiger partial charge in [-0.2, -0.15) is 0 Å². The van der Waals surface area contributed by atoms with Crippen LogP contribution in [0, 0.1) is 11.6 Å². The molecule has 1 N–H and O–H groups in total. The predicted octanol–water partition coefficient (Wildman–Crippen LogP) is 4.17. The number of nitrogens with zero attached hydrogens (tertiary/aromatic N) is 2. The Kier molecular flexibility index (Phi) is 6.61. The fourth-order valence-electron chi connectivity index (χ4n) is 2.47. The Labute approximate surface area is 170 Å². The van der Waals surface area contributed by atoms with Gasteiger partial charge in [-0.1, -0.05) is 11.8 Å². The smallest absolute Gasteiger partial charge is 0.234 e. The quantitative estimate of drug-likeness (QED) is 0.582. The molecule has 6 nitrogen and oxygen atoms in total. The molecule has 0 saturated carbocycles. The first-order valence-corrected chi connectivity index (χ1v) is 9.42. The molecule has 0 aliphatic heterocycles. The summed E-state index contributed by atoms with van der Waals surface area (Å²) >= 11 is 1.14. The highest BCUT2D eigenvalue weighted by Gasteiger charge is 2.12. The van der Waals surface area contributed by atoms with Gasteiger partial charge >= 0.3 is 0 Å². The van der Waals surface area contributed by atoms with E-state index in [0.717, 1.165) is 23.4 Å². The van der Waals surface area contributed by atoms with Crippen LogP contribution < -0.4 is 14.8 Å². The lowest BCUT2D eigenvalue weighted by molar-refractivity contribution is -0.113. The molecule has 0 saturated heterocycles. The van der Waals surface area contributed by atoms with E-state index in [-0.39, 0.29) is 11.4 Å². The van der Waals surface area contributed by atoms with Gasteiger partial charge in [-0.15, -0.1) is 10.2 Å². The molecule has 3 rings (SSSR count). The summed E-state index contributed by atoms with van der Waals surface area (Å²) in [5, 5.41) is 11.2. The molecule has 150 valence electrons. The van der Waals surface area contributed by atoms with Gasteiger partial charge < -0.3 is 14.8 Å². The van der Waals surface area contributed by atoms with E-state index in [2.05, 4.69) is 15.5 Å². The van der Waals surface area contributed by atoms with Crippen molar-refractivity contribution in [2.24, 2.45) is 0 Å². The van der Waals surface area contributed by atoms with Crippen LogP contribution in [0.2, 0.25) is 0 Å². The van der Waals surface area contributed by atoms with E-state index < -0.39 is 17.5 Å². The zero-order chi connectivity index (χ0) is 20.8. The number of hydrogen-bond donors (Lipinski definition) is 1. The lowest BCUT2D eigenvalue weighted by Crippen LogP contribution is -2.15. The van der Waals surface area contributed by atoms with Crippen LogP contribution in [0.15, 0.2) is 53.6 Å². The van der Waals surface area contributed by atoms with Crippen molar-refractivity contribution < 1.29 is 23.0 Å². The van der Waals surface area contributed by atoms with Gasteiger partial charge in [0.15, 0.2) is 0 Å². The molecule has 3 aromatic rings. The van der Waals surface area contributed by atoms with Gasteiger partial charge in [0.2, 0.25) is 5.91 Å². The summed E-state index contributed by atoms with van der Waals surface area (Å²) in [4.78, 5) is 12.0. The van der Waals surface area contributed by atoms with Crippen molar-refractivity contribution in [1.29, 1.82) is 0 Å². The number of nitrogens with one attached hydrogen (secondary N) is 1. The highest BCUT2D eigenvalue weighted by molar-refractivity contribution is 7.99. The standard InChI is InChI=1S/C20H17F2N3O3S/c1-27-13-4-7-18(28-2)14(10-13)16-6-8-20(25-24-16)29-11-19(26)23-17-5-3-12(21)9-15(17)22/h3-10H,11H2,1-2H3,(H,23,26). The molecule has 0 bridgehead atoms. The van der Waals surface area contributed by atoms with Gasteiger partial charge in [0.05, 0.1) is 31.4 Å². The number of aromatic nitrogens is 2. The lowest BCUT2D eigenvalue weighted by atomic mass is 10.1. The van der Waals surface area contributed by atoms with Gasteiger partial charge in [0, 0.05) is 11.6 Å². The number of halogens is 2. The molecule has 1 heterocycles. The monoisotopic (exact) mass is 417 g/mol. The van der Waals surface area contributed by atoms with E-state index in [0.29, 0.717) is 28.3 Å².